The van der Waals surface area contributed by atoms with Crippen LogP contribution in [0.3, 0.4) is 0 Å². The molecule has 2 rings (SSSR count). The van der Waals surface area contributed by atoms with Crippen LogP contribution < -0.4 is 9.44 Å². The van der Waals surface area contributed by atoms with E-state index in [1.165, 1.54) is 0 Å². The van der Waals surface area contributed by atoms with Crippen LogP contribution in [-0.2, 0) is 20.6 Å². The van der Waals surface area contributed by atoms with Gasteiger partial charge >= 0.3 is 0 Å². The average molecular weight is 415 g/mol. The Labute approximate surface area is 174 Å². The van der Waals surface area contributed by atoms with Gasteiger partial charge in [-0.3, -0.25) is 0 Å². The molecular formula is C12H26CaN2O7S2-2. The van der Waals surface area contributed by atoms with E-state index in [4.69, 9.17) is 0 Å². The SMILES string of the molecule is O.O=S(=O)([O-])NC1CCCCC1.O=S(=O)([O-])NC1CCCCC1.[Ca]. The van der Waals surface area contributed by atoms with Crippen LogP contribution in [0, 0.1) is 0 Å². The predicted molar refractivity (Wildman–Crippen MR) is 88.8 cm³/mol. The molecule has 2 aliphatic carbocycles. The van der Waals surface area contributed by atoms with E-state index in [-0.39, 0.29) is 55.3 Å². The molecule has 9 nitrogen and oxygen atoms in total. The second-order valence-electron chi connectivity index (χ2n) is 5.81. The van der Waals surface area contributed by atoms with Crippen molar-refractivity contribution in [2.45, 2.75) is 76.3 Å². The second kappa shape index (κ2) is 13.2. The fraction of sp³-hybridized carbons (Fsp3) is 1.00. The molecule has 2 fully saturated rings. The molecular weight excluding hydrogens is 388 g/mol. The quantitative estimate of drug-likeness (QED) is 0.465. The number of hydrogen-bond acceptors (Lipinski definition) is 6. The van der Waals surface area contributed by atoms with Gasteiger partial charge in [0, 0.05) is 49.8 Å². The van der Waals surface area contributed by atoms with E-state index in [0.717, 1.165) is 64.2 Å². The van der Waals surface area contributed by atoms with E-state index >= 15 is 0 Å². The fourth-order valence-electron chi connectivity index (χ4n) is 2.85. The van der Waals surface area contributed by atoms with Crippen molar-refractivity contribution in [1.82, 2.24) is 9.44 Å². The monoisotopic (exact) mass is 414 g/mol. The average Bonchev–Trinajstić information content (AvgIpc) is 2.38. The third-order valence-electron chi connectivity index (χ3n) is 3.83. The Balaban J connectivity index is 0. The largest absolute Gasteiger partial charge is 0.735 e. The standard InChI is InChI=1S/2C6H13NO3S.Ca.H2O/c2*8-11(9,10)7-6-4-2-1-3-5-6;;/h2*6-7H,1-5H2,(H,8,9,10);;1H2/p-2. The molecule has 12 heteroatoms. The summed E-state index contributed by atoms with van der Waals surface area (Å²) in [7, 11) is -8.45. The molecule has 2 saturated carbocycles. The number of nitrogens with one attached hydrogen (secondary N) is 2. The van der Waals surface area contributed by atoms with Crippen molar-refractivity contribution < 1.29 is 31.4 Å². The molecule has 142 valence electrons. The minimum absolute atomic E-state index is 0. The summed E-state index contributed by atoms with van der Waals surface area (Å²) in [4.78, 5) is 0. The van der Waals surface area contributed by atoms with Gasteiger partial charge in [-0.25, -0.2) is 26.3 Å². The van der Waals surface area contributed by atoms with Crippen molar-refractivity contribution in [1.29, 1.82) is 0 Å². The summed E-state index contributed by atoms with van der Waals surface area (Å²) < 4.78 is 65.5. The van der Waals surface area contributed by atoms with Crippen LogP contribution in [0.4, 0.5) is 0 Å². The topological polar surface area (TPSA) is 170 Å². The summed E-state index contributed by atoms with van der Waals surface area (Å²) in [6.45, 7) is 0. The van der Waals surface area contributed by atoms with Gasteiger partial charge in [0.2, 0.25) is 0 Å². The van der Waals surface area contributed by atoms with Crippen molar-refractivity contribution in [3.63, 3.8) is 0 Å². The van der Waals surface area contributed by atoms with Gasteiger partial charge in [0.1, 0.15) is 0 Å². The number of rotatable bonds is 4. The smallest absolute Gasteiger partial charge is 0.159 e. The van der Waals surface area contributed by atoms with Gasteiger partial charge in [-0.15, -0.1) is 0 Å². The van der Waals surface area contributed by atoms with Crippen molar-refractivity contribution in [3.8, 4) is 0 Å². The predicted octanol–water partition coefficient (Wildman–Crippen LogP) is -0.468. The van der Waals surface area contributed by atoms with E-state index in [9.17, 15) is 25.9 Å². The van der Waals surface area contributed by atoms with Gasteiger partial charge in [0.15, 0.2) is 20.6 Å². The Bertz CT molecular complexity index is 468. The van der Waals surface area contributed by atoms with E-state index in [1.807, 2.05) is 0 Å². The summed E-state index contributed by atoms with van der Waals surface area (Å²) in [6, 6.07) is -0.211. The van der Waals surface area contributed by atoms with E-state index < -0.39 is 20.6 Å². The van der Waals surface area contributed by atoms with Crippen LogP contribution in [0.5, 0.6) is 0 Å². The molecule has 0 saturated heterocycles. The summed E-state index contributed by atoms with van der Waals surface area (Å²) in [5.41, 5.74) is 0. The molecule has 0 heterocycles. The van der Waals surface area contributed by atoms with Crippen LogP contribution in [0.25, 0.3) is 0 Å². The minimum atomic E-state index is -4.22. The third-order valence-corrected chi connectivity index (χ3v) is 5.08. The maximum atomic E-state index is 10.2. The molecule has 0 bridgehead atoms. The first kappa shape index (κ1) is 27.2. The van der Waals surface area contributed by atoms with Gasteiger partial charge in [0.25, 0.3) is 0 Å². The summed E-state index contributed by atoms with van der Waals surface area (Å²) in [6.07, 6.45) is 9.61. The first-order valence-electron chi connectivity index (χ1n) is 7.62. The molecule has 0 aromatic carbocycles. The van der Waals surface area contributed by atoms with E-state index in [2.05, 4.69) is 9.44 Å². The van der Waals surface area contributed by atoms with Crippen LogP contribution in [0.1, 0.15) is 64.2 Å². The zero-order valence-electron chi connectivity index (χ0n) is 13.7. The molecule has 24 heavy (non-hydrogen) atoms. The van der Waals surface area contributed by atoms with Gasteiger partial charge in [0.05, 0.1) is 0 Å². The summed E-state index contributed by atoms with van der Waals surface area (Å²) in [5.74, 6) is 0. The van der Waals surface area contributed by atoms with E-state index in [1.54, 1.807) is 0 Å². The third kappa shape index (κ3) is 15.2. The van der Waals surface area contributed by atoms with Crippen molar-refractivity contribution in [2.24, 2.45) is 0 Å². The van der Waals surface area contributed by atoms with Gasteiger partial charge < -0.3 is 14.6 Å². The Morgan fingerprint density at radius 1 is 0.625 bits per heavy atom. The molecule has 4 N–H and O–H groups in total. The fourth-order valence-corrected chi connectivity index (χ4v) is 4.14. The molecule has 0 unspecified atom stereocenters. The van der Waals surface area contributed by atoms with Crippen LogP contribution in [-0.4, -0.2) is 81.2 Å². The Kier molecular flexibility index (Phi) is 14.9. The van der Waals surface area contributed by atoms with Crippen LogP contribution in [0.2, 0.25) is 0 Å². The molecule has 0 spiro atoms. The first-order chi connectivity index (χ1) is 10.2. The van der Waals surface area contributed by atoms with Crippen LogP contribution >= 0.6 is 0 Å². The molecule has 2 radical (unpaired) electrons. The number of hydrogen-bond donors (Lipinski definition) is 2. The second-order valence-corrected chi connectivity index (χ2v) is 8.10. The minimum Gasteiger partial charge on any atom is -0.735 e. The molecule has 0 aromatic rings. The molecule has 0 aromatic heterocycles. The zero-order chi connectivity index (χ0) is 16.6. The Hall–Kier alpha value is 0.960. The van der Waals surface area contributed by atoms with Crippen molar-refractivity contribution >= 4 is 58.3 Å². The normalized spacial score (nSPS) is 20.1. The molecule has 2 aliphatic rings. The summed E-state index contributed by atoms with van der Waals surface area (Å²) >= 11 is 0. The Morgan fingerprint density at radius 3 is 1.08 bits per heavy atom. The summed E-state index contributed by atoms with van der Waals surface area (Å²) in [5, 5.41) is 0. The maximum Gasteiger partial charge on any atom is 0.159 e. The van der Waals surface area contributed by atoms with Gasteiger partial charge in [-0.05, 0) is 25.7 Å². The molecule has 0 aliphatic heterocycles. The molecule has 0 atom stereocenters. The van der Waals surface area contributed by atoms with Crippen LogP contribution in [0.15, 0.2) is 0 Å². The van der Waals surface area contributed by atoms with Gasteiger partial charge in [-0.1, -0.05) is 38.5 Å². The zero-order valence-corrected chi connectivity index (χ0v) is 17.5. The first-order valence-corrected chi connectivity index (χ1v) is 10.4. The van der Waals surface area contributed by atoms with E-state index in [0.29, 0.717) is 0 Å². The van der Waals surface area contributed by atoms with Crippen molar-refractivity contribution in [3.05, 3.63) is 0 Å². The molecule has 0 amide bonds. The Morgan fingerprint density at radius 2 is 0.875 bits per heavy atom. The maximum absolute atomic E-state index is 10.2. The van der Waals surface area contributed by atoms with Crippen molar-refractivity contribution in [2.75, 3.05) is 0 Å². The van der Waals surface area contributed by atoms with Gasteiger partial charge in [-0.2, -0.15) is 0 Å².